The lowest BCUT2D eigenvalue weighted by atomic mass is 10.1. The zero-order valence-electron chi connectivity index (χ0n) is 21.8. The number of hydrogen-bond acceptors (Lipinski definition) is 7. The Balaban J connectivity index is 1.31. The van der Waals surface area contributed by atoms with Crippen LogP contribution in [0.3, 0.4) is 0 Å². The molecule has 1 aliphatic rings. The summed E-state index contributed by atoms with van der Waals surface area (Å²) in [5, 5.41) is 9.36. The van der Waals surface area contributed by atoms with Crippen molar-refractivity contribution in [1.82, 2.24) is 14.8 Å². The highest BCUT2D eigenvalue weighted by molar-refractivity contribution is 7.17. The number of aromatic nitrogens is 1. The Hall–Kier alpha value is -3.48. The molecule has 0 spiro atoms. The van der Waals surface area contributed by atoms with Gasteiger partial charge in [0.1, 0.15) is 4.88 Å². The number of alkyl halides is 3. The average Bonchev–Trinajstić information content (AvgIpc) is 3.38. The highest BCUT2D eigenvalue weighted by atomic mass is 32.1. The van der Waals surface area contributed by atoms with Gasteiger partial charge in [0.25, 0.3) is 11.8 Å². The Labute approximate surface area is 229 Å². The number of aryl methyl sites for hydroxylation is 1. The minimum Gasteiger partial charge on any atom is -0.361 e. The molecule has 2 heterocycles. The van der Waals surface area contributed by atoms with E-state index in [0.717, 1.165) is 63.4 Å². The van der Waals surface area contributed by atoms with Gasteiger partial charge in [0.05, 0.1) is 11.8 Å². The van der Waals surface area contributed by atoms with Crippen LogP contribution in [0.15, 0.2) is 48.7 Å². The van der Waals surface area contributed by atoms with E-state index >= 15 is 0 Å². The first-order valence-electron chi connectivity index (χ1n) is 12.6. The molecule has 2 amide bonds. The number of benzene rings is 2. The normalized spacial score (nSPS) is 14.7. The molecule has 1 aromatic heterocycles. The Morgan fingerprint density at radius 1 is 1.03 bits per heavy atom. The standard InChI is InChI=1S/C27H31F3N6O2S/c1-18-7-8-21(33-24(37)19-5-3-6-20(15-19)27(28,29)30)16-22(18)34-25(38)23-17-32-26(39-23)31-9-4-10-36-13-11-35(2)12-14-36/h3,5-8,15-17H,4,9-14H2,1-2H3,(H,31,32)(H,33,37)(H,34,38). The van der Waals surface area contributed by atoms with Crippen LogP contribution in [0.5, 0.6) is 0 Å². The second-order valence-electron chi connectivity index (χ2n) is 9.47. The van der Waals surface area contributed by atoms with Crippen molar-refractivity contribution in [2.45, 2.75) is 19.5 Å². The van der Waals surface area contributed by atoms with Crippen LogP contribution in [-0.2, 0) is 6.18 Å². The number of likely N-dealkylation sites (N-methyl/N-ethyl adjacent to an activating group) is 1. The van der Waals surface area contributed by atoms with Crippen molar-refractivity contribution in [2.24, 2.45) is 0 Å². The molecule has 0 saturated carbocycles. The van der Waals surface area contributed by atoms with Crippen LogP contribution in [0, 0.1) is 6.92 Å². The van der Waals surface area contributed by atoms with Gasteiger partial charge in [-0.05, 0) is 62.8 Å². The fraction of sp³-hybridized carbons (Fsp3) is 0.370. The van der Waals surface area contributed by atoms with Gasteiger partial charge < -0.3 is 25.8 Å². The largest absolute Gasteiger partial charge is 0.416 e. The number of nitrogens with zero attached hydrogens (tertiary/aromatic N) is 3. The van der Waals surface area contributed by atoms with Crippen LogP contribution in [0.2, 0.25) is 0 Å². The molecule has 0 unspecified atom stereocenters. The maximum Gasteiger partial charge on any atom is 0.416 e. The molecule has 0 atom stereocenters. The molecule has 3 aromatic rings. The number of halogens is 3. The molecule has 0 radical (unpaired) electrons. The van der Waals surface area contributed by atoms with Gasteiger partial charge in [0.15, 0.2) is 5.13 Å². The van der Waals surface area contributed by atoms with Crippen molar-refractivity contribution in [3.05, 3.63) is 70.2 Å². The number of hydrogen-bond donors (Lipinski definition) is 3. The van der Waals surface area contributed by atoms with Crippen molar-refractivity contribution in [1.29, 1.82) is 0 Å². The van der Waals surface area contributed by atoms with Crippen LogP contribution in [-0.4, -0.2) is 72.9 Å². The third-order valence-electron chi connectivity index (χ3n) is 6.45. The minimum absolute atomic E-state index is 0.121. The van der Waals surface area contributed by atoms with Gasteiger partial charge in [-0.1, -0.05) is 23.5 Å². The summed E-state index contributed by atoms with van der Waals surface area (Å²) in [7, 11) is 2.13. The first-order valence-corrected chi connectivity index (χ1v) is 13.4. The Morgan fingerprint density at radius 3 is 2.54 bits per heavy atom. The second kappa shape index (κ2) is 12.6. The van der Waals surface area contributed by atoms with Crippen LogP contribution >= 0.6 is 11.3 Å². The van der Waals surface area contributed by atoms with Gasteiger partial charge in [-0.2, -0.15) is 13.2 Å². The van der Waals surface area contributed by atoms with Crippen LogP contribution in [0.4, 0.5) is 29.7 Å². The van der Waals surface area contributed by atoms with Crippen molar-refractivity contribution >= 4 is 39.7 Å². The molecular weight excluding hydrogens is 529 g/mol. The SMILES string of the molecule is Cc1ccc(NC(=O)c2cccc(C(F)(F)F)c2)cc1NC(=O)c1cnc(NCCCN2CCN(C)CC2)s1. The summed E-state index contributed by atoms with van der Waals surface area (Å²) in [6.07, 6.45) is -2.06. The quantitative estimate of drug-likeness (QED) is 0.319. The van der Waals surface area contributed by atoms with Crippen molar-refractivity contribution in [3.8, 4) is 0 Å². The van der Waals surface area contributed by atoms with Crippen molar-refractivity contribution < 1.29 is 22.8 Å². The molecule has 2 aromatic carbocycles. The number of carbonyl (C=O) groups excluding carboxylic acids is 2. The number of nitrogens with one attached hydrogen (secondary N) is 3. The summed E-state index contributed by atoms with van der Waals surface area (Å²) in [5.41, 5.74) is 0.541. The summed E-state index contributed by atoms with van der Waals surface area (Å²) in [6.45, 7) is 7.90. The minimum atomic E-state index is -4.55. The first-order chi connectivity index (χ1) is 18.6. The molecule has 208 valence electrons. The summed E-state index contributed by atoms with van der Waals surface area (Å²) < 4.78 is 39.0. The van der Waals surface area contributed by atoms with E-state index in [1.807, 2.05) is 0 Å². The van der Waals surface area contributed by atoms with Gasteiger partial charge in [-0.25, -0.2) is 4.98 Å². The van der Waals surface area contributed by atoms with Crippen molar-refractivity contribution in [3.63, 3.8) is 0 Å². The maximum absolute atomic E-state index is 13.0. The number of carbonyl (C=O) groups is 2. The van der Waals surface area contributed by atoms with Crippen LogP contribution in [0.1, 0.15) is 37.6 Å². The van der Waals surface area contributed by atoms with Gasteiger partial charge in [0, 0.05) is 49.7 Å². The third kappa shape index (κ3) is 8.01. The Kier molecular flexibility index (Phi) is 9.20. The van der Waals surface area contributed by atoms with E-state index < -0.39 is 17.6 Å². The van der Waals surface area contributed by atoms with E-state index in [4.69, 9.17) is 0 Å². The molecule has 1 saturated heterocycles. The van der Waals surface area contributed by atoms with Gasteiger partial charge in [-0.15, -0.1) is 0 Å². The number of amides is 2. The molecule has 0 aliphatic carbocycles. The number of rotatable bonds is 9. The number of thiazole rings is 1. The zero-order valence-corrected chi connectivity index (χ0v) is 22.6. The van der Waals surface area contributed by atoms with Gasteiger partial charge >= 0.3 is 6.18 Å². The Bertz CT molecular complexity index is 1300. The van der Waals surface area contributed by atoms with E-state index in [0.29, 0.717) is 21.4 Å². The van der Waals surface area contributed by atoms with Gasteiger partial charge in [0.2, 0.25) is 0 Å². The summed E-state index contributed by atoms with van der Waals surface area (Å²) >= 11 is 1.25. The predicted molar refractivity (Wildman–Crippen MR) is 148 cm³/mol. The zero-order chi connectivity index (χ0) is 28.0. The number of piperazine rings is 1. The molecule has 1 fully saturated rings. The average molecular weight is 561 g/mol. The second-order valence-corrected chi connectivity index (χ2v) is 10.5. The lowest BCUT2D eigenvalue weighted by molar-refractivity contribution is -0.137. The smallest absolute Gasteiger partial charge is 0.361 e. The van der Waals surface area contributed by atoms with E-state index in [2.05, 4.69) is 37.8 Å². The van der Waals surface area contributed by atoms with E-state index in [1.165, 1.54) is 29.7 Å². The number of anilines is 3. The van der Waals surface area contributed by atoms with Crippen LogP contribution in [0.25, 0.3) is 0 Å². The maximum atomic E-state index is 13.0. The molecular formula is C27H31F3N6O2S. The van der Waals surface area contributed by atoms with E-state index in [-0.39, 0.29) is 11.5 Å². The van der Waals surface area contributed by atoms with Crippen molar-refractivity contribution in [2.75, 3.05) is 62.3 Å². The predicted octanol–water partition coefficient (Wildman–Crippen LogP) is 5.02. The summed E-state index contributed by atoms with van der Waals surface area (Å²) in [4.78, 5) is 34.9. The fourth-order valence-corrected chi connectivity index (χ4v) is 4.83. The molecule has 39 heavy (non-hydrogen) atoms. The summed E-state index contributed by atoms with van der Waals surface area (Å²) in [5.74, 6) is -1.03. The highest BCUT2D eigenvalue weighted by Crippen LogP contribution is 2.30. The van der Waals surface area contributed by atoms with E-state index in [1.54, 1.807) is 25.1 Å². The lowest BCUT2D eigenvalue weighted by Gasteiger charge is -2.32. The molecule has 4 rings (SSSR count). The van der Waals surface area contributed by atoms with E-state index in [9.17, 15) is 22.8 Å². The fourth-order valence-electron chi connectivity index (χ4n) is 4.09. The molecule has 0 bridgehead atoms. The first kappa shape index (κ1) is 28.5. The lowest BCUT2D eigenvalue weighted by Crippen LogP contribution is -2.44. The molecule has 12 heteroatoms. The van der Waals surface area contributed by atoms with Crippen LogP contribution < -0.4 is 16.0 Å². The third-order valence-corrected chi connectivity index (χ3v) is 7.40. The topological polar surface area (TPSA) is 89.6 Å². The molecule has 3 N–H and O–H groups in total. The molecule has 1 aliphatic heterocycles. The molecule has 8 nitrogen and oxygen atoms in total. The summed E-state index contributed by atoms with van der Waals surface area (Å²) in [6, 6.07) is 9.09. The monoisotopic (exact) mass is 560 g/mol. The Morgan fingerprint density at radius 2 is 1.79 bits per heavy atom. The van der Waals surface area contributed by atoms with Gasteiger partial charge in [-0.3, -0.25) is 9.59 Å². The highest BCUT2D eigenvalue weighted by Gasteiger charge is 2.31.